The molecule has 5 heteroatoms. The highest BCUT2D eigenvalue weighted by Gasteiger charge is 2.26. The van der Waals surface area contributed by atoms with Gasteiger partial charge in [0.15, 0.2) is 0 Å². The molecule has 1 amide bonds. The number of carbonyl (C=O) groups is 1. The third-order valence-corrected chi connectivity index (χ3v) is 3.41. The molecule has 1 aromatic heterocycles. The third-order valence-electron chi connectivity index (χ3n) is 3.41. The Morgan fingerprint density at radius 2 is 1.86 bits per heavy atom. The number of nitrogens with zero attached hydrogens (tertiary/aromatic N) is 3. The van der Waals surface area contributed by atoms with Crippen LogP contribution in [-0.2, 0) is 11.3 Å². The van der Waals surface area contributed by atoms with Crippen molar-refractivity contribution in [2.24, 2.45) is 0 Å². The van der Waals surface area contributed by atoms with Crippen LogP contribution in [0.5, 0.6) is 0 Å². The molecule has 0 radical (unpaired) electrons. The normalized spacial score (nSPS) is 12.4. The standard InChI is InChI=1S/C16H21N3O2/c1-12-5-7-13(8-6-12)15(18(2)3)16(20)19(4)11-14-9-10-21-17-14/h5-10,15H,11H2,1-4H3/t15-/m0/s1. The van der Waals surface area contributed by atoms with Crippen molar-refractivity contribution in [3.05, 3.63) is 53.4 Å². The largest absolute Gasteiger partial charge is 0.364 e. The smallest absolute Gasteiger partial charge is 0.244 e. The number of likely N-dealkylation sites (N-methyl/N-ethyl adjacent to an activating group) is 2. The van der Waals surface area contributed by atoms with Crippen LogP contribution in [0.25, 0.3) is 0 Å². The van der Waals surface area contributed by atoms with Gasteiger partial charge in [-0.3, -0.25) is 9.69 Å². The quantitative estimate of drug-likeness (QED) is 0.846. The van der Waals surface area contributed by atoms with Crippen LogP contribution in [0.2, 0.25) is 0 Å². The van der Waals surface area contributed by atoms with Crippen LogP contribution in [0.1, 0.15) is 22.9 Å². The Kier molecular flexibility index (Phi) is 4.75. The summed E-state index contributed by atoms with van der Waals surface area (Å²) >= 11 is 0. The maximum Gasteiger partial charge on any atom is 0.244 e. The molecule has 0 fully saturated rings. The number of carbonyl (C=O) groups excluding carboxylic acids is 1. The number of hydrogen-bond acceptors (Lipinski definition) is 4. The lowest BCUT2D eigenvalue weighted by Crippen LogP contribution is -2.38. The molecular formula is C16H21N3O2. The molecule has 0 unspecified atom stereocenters. The maximum atomic E-state index is 12.7. The van der Waals surface area contributed by atoms with E-state index in [-0.39, 0.29) is 11.9 Å². The average molecular weight is 287 g/mol. The van der Waals surface area contributed by atoms with Gasteiger partial charge in [-0.2, -0.15) is 0 Å². The summed E-state index contributed by atoms with van der Waals surface area (Å²) in [6, 6.07) is 9.51. The van der Waals surface area contributed by atoms with Gasteiger partial charge < -0.3 is 9.42 Å². The molecule has 5 nitrogen and oxygen atoms in total. The van der Waals surface area contributed by atoms with Crippen molar-refractivity contribution in [2.45, 2.75) is 19.5 Å². The fourth-order valence-electron chi connectivity index (χ4n) is 2.26. The van der Waals surface area contributed by atoms with E-state index in [9.17, 15) is 4.79 Å². The SMILES string of the molecule is Cc1ccc([C@@H](C(=O)N(C)Cc2ccon2)N(C)C)cc1. The summed E-state index contributed by atoms with van der Waals surface area (Å²) < 4.78 is 4.80. The predicted molar refractivity (Wildman–Crippen MR) is 80.6 cm³/mol. The van der Waals surface area contributed by atoms with Crippen LogP contribution < -0.4 is 0 Å². The zero-order valence-corrected chi connectivity index (χ0v) is 12.9. The molecule has 1 aromatic carbocycles. The van der Waals surface area contributed by atoms with E-state index in [1.807, 2.05) is 50.2 Å². The molecule has 0 saturated heterocycles. The Morgan fingerprint density at radius 1 is 1.19 bits per heavy atom. The van der Waals surface area contributed by atoms with Gasteiger partial charge in [0.05, 0.1) is 6.54 Å². The van der Waals surface area contributed by atoms with Crippen molar-refractivity contribution in [2.75, 3.05) is 21.1 Å². The van der Waals surface area contributed by atoms with E-state index < -0.39 is 0 Å². The van der Waals surface area contributed by atoms with E-state index >= 15 is 0 Å². The molecule has 0 N–H and O–H groups in total. The zero-order chi connectivity index (χ0) is 15.4. The van der Waals surface area contributed by atoms with E-state index in [4.69, 9.17) is 4.52 Å². The molecule has 0 aliphatic carbocycles. The highest BCUT2D eigenvalue weighted by atomic mass is 16.5. The maximum absolute atomic E-state index is 12.7. The molecule has 1 heterocycles. The Balaban J connectivity index is 2.17. The van der Waals surface area contributed by atoms with E-state index in [1.54, 1.807) is 18.0 Å². The Hall–Kier alpha value is -2.14. The van der Waals surface area contributed by atoms with Crippen LogP contribution in [-0.4, -0.2) is 42.0 Å². The second-order valence-corrected chi connectivity index (χ2v) is 5.46. The van der Waals surface area contributed by atoms with Crippen molar-refractivity contribution >= 4 is 5.91 Å². The van der Waals surface area contributed by atoms with Crippen LogP contribution in [0.4, 0.5) is 0 Å². The molecule has 1 atom stereocenters. The van der Waals surface area contributed by atoms with Crippen molar-refractivity contribution in [3.8, 4) is 0 Å². The van der Waals surface area contributed by atoms with Crippen molar-refractivity contribution < 1.29 is 9.32 Å². The minimum Gasteiger partial charge on any atom is -0.364 e. The molecular weight excluding hydrogens is 266 g/mol. The molecule has 0 saturated carbocycles. The molecule has 0 bridgehead atoms. The topological polar surface area (TPSA) is 49.6 Å². The summed E-state index contributed by atoms with van der Waals surface area (Å²) in [5.74, 6) is 0.0341. The number of aromatic nitrogens is 1. The van der Waals surface area contributed by atoms with Gasteiger partial charge in [-0.1, -0.05) is 35.0 Å². The first kappa shape index (κ1) is 15.3. The second kappa shape index (κ2) is 6.54. The van der Waals surface area contributed by atoms with Gasteiger partial charge in [0.1, 0.15) is 18.0 Å². The van der Waals surface area contributed by atoms with E-state index in [2.05, 4.69) is 5.16 Å². The van der Waals surface area contributed by atoms with Crippen LogP contribution in [0.3, 0.4) is 0 Å². The van der Waals surface area contributed by atoms with Gasteiger partial charge in [0.2, 0.25) is 5.91 Å². The Bertz CT molecular complexity index is 576. The predicted octanol–water partition coefficient (Wildman–Crippen LogP) is 2.24. The van der Waals surface area contributed by atoms with Gasteiger partial charge in [-0.05, 0) is 26.6 Å². The van der Waals surface area contributed by atoms with Gasteiger partial charge in [0.25, 0.3) is 0 Å². The number of benzene rings is 1. The van der Waals surface area contributed by atoms with Crippen LogP contribution in [0, 0.1) is 6.92 Å². The Labute approximate surface area is 125 Å². The number of rotatable bonds is 5. The fraction of sp³-hybridized carbons (Fsp3) is 0.375. The fourth-order valence-corrected chi connectivity index (χ4v) is 2.26. The number of hydrogen-bond donors (Lipinski definition) is 0. The minimum absolute atomic E-state index is 0.0341. The molecule has 2 rings (SSSR count). The third kappa shape index (κ3) is 3.70. The minimum atomic E-state index is -0.303. The average Bonchev–Trinajstić information content (AvgIpc) is 2.93. The van der Waals surface area contributed by atoms with Crippen molar-refractivity contribution in [3.63, 3.8) is 0 Å². The summed E-state index contributed by atoms with van der Waals surface area (Å²) in [4.78, 5) is 16.3. The summed E-state index contributed by atoms with van der Waals surface area (Å²) in [5, 5.41) is 3.84. The Morgan fingerprint density at radius 3 is 2.38 bits per heavy atom. The summed E-state index contributed by atoms with van der Waals surface area (Å²) in [5.41, 5.74) is 2.91. The van der Waals surface area contributed by atoms with Gasteiger partial charge in [-0.15, -0.1) is 0 Å². The summed E-state index contributed by atoms with van der Waals surface area (Å²) in [6.45, 7) is 2.47. The first-order valence-electron chi connectivity index (χ1n) is 6.86. The lowest BCUT2D eigenvalue weighted by atomic mass is 10.0. The lowest BCUT2D eigenvalue weighted by Gasteiger charge is -2.28. The van der Waals surface area contributed by atoms with Crippen LogP contribution in [0.15, 0.2) is 41.1 Å². The first-order chi connectivity index (χ1) is 9.99. The van der Waals surface area contributed by atoms with Gasteiger partial charge in [-0.25, -0.2) is 0 Å². The summed E-state index contributed by atoms with van der Waals surface area (Å²) in [6.07, 6.45) is 1.51. The van der Waals surface area contributed by atoms with Crippen LogP contribution >= 0.6 is 0 Å². The van der Waals surface area contributed by atoms with E-state index in [1.165, 1.54) is 11.8 Å². The number of aryl methyl sites for hydroxylation is 1. The summed E-state index contributed by atoms with van der Waals surface area (Å²) in [7, 11) is 5.60. The van der Waals surface area contributed by atoms with E-state index in [0.29, 0.717) is 6.54 Å². The first-order valence-corrected chi connectivity index (χ1v) is 6.86. The molecule has 0 aliphatic rings. The lowest BCUT2D eigenvalue weighted by molar-refractivity contribution is -0.135. The molecule has 112 valence electrons. The molecule has 2 aromatic rings. The number of amides is 1. The molecule has 0 aliphatic heterocycles. The van der Waals surface area contributed by atoms with Crippen molar-refractivity contribution in [1.29, 1.82) is 0 Å². The molecule has 0 spiro atoms. The van der Waals surface area contributed by atoms with E-state index in [0.717, 1.165) is 11.3 Å². The molecule has 21 heavy (non-hydrogen) atoms. The monoisotopic (exact) mass is 287 g/mol. The highest BCUT2D eigenvalue weighted by Crippen LogP contribution is 2.21. The van der Waals surface area contributed by atoms with Gasteiger partial charge >= 0.3 is 0 Å². The van der Waals surface area contributed by atoms with Crippen molar-refractivity contribution in [1.82, 2.24) is 15.0 Å². The zero-order valence-electron chi connectivity index (χ0n) is 12.9. The van der Waals surface area contributed by atoms with Gasteiger partial charge in [0, 0.05) is 13.1 Å². The highest BCUT2D eigenvalue weighted by molar-refractivity contribution is 5.83. The second-order valence-electron chi connectivity index (χ2n) is 5.46.